The summed E-state index contributed by atoms with van der Waals surface area (Å²) in [5, 5.41) is 5.65. The number of oxazole rings is 1. The van der Waals surface area contributed by atoms with Gasteiger partial charge in [0.25, 0.3) is 0 Å². The van der Waals surface area contributed by atoms with E-state index in [1.165, 1.54) is 7.11 Å². The number of carbonyl (C=O) groups excluding carboxylic acids is 4. The van der Waals surface area contributed by atoms with Crippen LogP contribution >= 0.6 is 0 Å². The normalized spacial score (nSPS) is 18.0. The van der Waals surface area contributed by atoms with Crippen LogP contribution in [0.5, 0.6) is 0 Å². The standard InChI is InChI=1S/C43H50N8O6/c1-25(2)36(48-43(55)56-6)41(53)51-21-11-15-34(51)39(52)47-31-23-29(17-16-26(31)3)40-44-24-35(57-40)28-18-19-30-32(22-28)46-38(45-30)33-14-10-20-50(33)42(54)37(49(4)5)27-12-8-7-9-13-27/h7-9,12-13,16-19,22-25,33-34,36-37H,10-11,14-15,20-21H2,1-6H3,(H,45,46)(H,47,52)(H,48,55)/t33-,34-,36?,37+/m0/s1. The van der Waals surface area contributed by atoms with Crippen molar-refractivity contribution in [3.05, 3.63) is 89.9 Å². The highest BCUT2D eigenvalue weighted by Crippen LogP contribution is 2.36. The molecule has 3 aromatic carbocycles. The fraction of sp³-hybridized carbons (Fsp3) is 0.395. The first kappa shape index (κ1) is 39.2. The Morgan fingerprint density at radius 1 is 0.930 bits per heavy atom. The molecule has 3 N–H and O–H groups in total. The zero-order valence-electron chi connectivity index (χ0n) is 33.2. The number of fused-ring (bicyclic) bond motifs is 1. The number of nitrogens with one attached hydrogen (secondary N) is 3. The van der Waals surface area contributed by atoms with Gasteiger partial charge in [0, 0.05) is 29.9 Å². The summed E-state index contributed by atoms with van der Waals surface area (Å²) >= 11 is 0. The van der Waals surface area contributed by atoms with E-state index >= 15 is 0 Å². The van der Waals surface area contributed by atoms with Crippen LogP contribution in [0.2, 0.25) is 0 Å². The van der Waals surface area contributed by atoms with Gasteiger partial charge in [-0.1, -0.05) is 50.2 Å². The molecule has 298 valence electrons. The molecule has 2 aromatic heterocycles. The van der Waals surface area contributed by atoms with Crippen molar-refractivity contribution >= 4 is 40.5 Å². The molecule has 5 aromatic rings. The average molecular weight is 775 g/mol. The fourth-order valence-corrected chi connectivity index (χ4v) is 7.94. The number of aromatic amines is 1. The molecular weight excluding hydrogens is 725 g/mol. The summed E-state index contributed by atoms with van der Waals surface area (Å²) in [5.74, 6) is 0.932. The Hall–Kier alpha value is -6.02. The average Bonchev–Trinajstić information content (AvgIpc) is 4.04. The minimum absolute atomic E-state index is 0.0586. The SMILES string of the molecule is COC(=O)NC(C(=O)N1CCC[C@H]1C(=O)Nc1cc(-c2ncc(-c3ccc4nc([C@@H]5CCCN5C(=O)[C@@H](c5ccccc5)N(C)C)[nH]c4c3)o2)ccc1C)C(C)C. The van der Waals surface area contributed by atoms with Gasteiger partial charge in [0.2, 0.25) is 23.6 Å². The fourth-order valence-electron chi connectivity index (χ4n) is 7.94. The number of benzene rings is 3. The summed E-state index contributed by atoms with van der Waals surface area (Å²) < 4.78 is 11.0. The van der Waals surface area contributed by atoms with Gasteiger partial charge in [-0.3, -0.25) is 19.3 Å². The van der Waals surface area contributed by atoms with Gasteiger partial charge in [-0.15, -0.1) is 0 Å². The van der Waals surface area contributed by atoms with Gasteiger partial charge in [-0.25, -0.2) is 14.8 Å². The van der Waals surface area contributed by atoms with Gasteiger partial charge < -0.3 is 34.6 Å². The Balaban J connectivity index is 1.06. The van der Waals surface area contributed by atoms with E-state index in [9.17, 15) is 19.2 Å². The van der Waals surface area contributed by atoms with Crippen LogP contribution in [-0.4, -0.2) is 99.8 Å². The molecular formula is C43H50N8O6. The Morgan fingerprint density at radius 3 is 2.40 bits per heavy atom. The van der Waals surface area contributed by atoms with Crippen molar-refractivity contribution < 1.29 is 28.3 Å². The minimum Gasteiger partial charge on any atom is -0.453 e. The van der Waals surface area contributed by atoms with Crippen molar-refractivity contribution in [1.82, 2.24) is 35.0 Å². The molecule has 4 atom stereocenters. The molecule has 2 aliphatic heterocycles. The highest BCUT2D eigenvalue weighted by atomic mass is 16.5. The first-order chi connectivity index (χ1) is 27.4. The predicted octanol–water partition coefficient (Wildman–Crippen LogP) is 6.47. The number of hydrogen-bond donors (Lipinski definition) is 3. The third-order valence-corrected chi connectivity index (χ3v) is 11.0. The van der Waals surface area contributed by atoms with Gasteiger partial charge in [-0.05, 0) is 94.1 Å². The van der Waals surface area contributed by atoms with Gasteiger partial charge >= 0.3 is 6.09 Å². The van der Waals surface area contributed by atoms with E-state index < -0.39 is 24.2 Å². The molecule has 0 aliphatic carbocycles. The van der Waals surface area contributed by atoms with E-state index in [0.717, 1.165) is 46.4 Å². The third kappa shape index (κ3) is 8.13. The molecule has 0 spiro atoms. The summed E-state index contributed by atoms with van der Waals surface area (Å²) in [7, 11) is 5.11. The van der Waals surface area contributed by atoms with E-state index in [1.807, 2.05) is 111 Å². The summed E-state index contributed by atoms with van der Waals surface area (Å²) in [5.41, 5.74) is 5.47. The molecule has 2 fully saturated rings. The molecule has 2 aliphatic rings. The lowest BCUT2D eigenvalue weighted by Gasteiger charge is -2.31. The van der Waals surface area contributed by atoms with E-state index in [2.05, 4.69) is 20.6 Å². The summed E-state index contributed by atoms with van der Waals surface area (Å²) in [6.45, 7) is 6.65. The molecule has 4 amide bonds. The molecule has 57 heavy (non-hydrogen) atoms. The molecule has 1 unspecified atom stereocenters. The molecule has 0 bridgehead atoms. The molecule has 2 saturated heterocycles. The van der Waals surface area contributed by atoms with E-state index in [0.29, 0.717) is 48.8 Å². The summed E-state index contributed by atoms with van der Waals surface area (Å²) in [6.07, 6.45) is 3.87. The summed E-state index contributed by atoms with van der Waals surface area (Å²) in [4.78, 5) is 71.6. The first-order valence-corrected chi connectivity index (χ1v) is 19.5. The predicted molar refractivity (Wildman–Crippen MR) is 216 cm³/mol. The lowest BCUT2D eigenvalue weighted by atomic mass is 10.0. The minimum atomic E-state index is -0.819. The molecule has 0 saturated carbocycles. The lowest BCUT2D eigenvalue weighted by Crippen LogP contribution is -2.54. The van der Waals surface area contributed by atoms with Crippen molar-refractivity contribution in [3.63, 3.8) is 0 Å². The third-order valence-electron chi connectivity index (χ3n) is 11.0. The maximum atomic E-state index is 14.0. The highest BCUT2D eigenvalue weighted by molar-refractivity contribution is 5.99. The van der Waals surface area contributed by atoms with Crippen LogP contribution in [0.3, 0.4) is 0 Å². The van der Waals surface area contributed by atoms with E-state index in [4.69, 9.17) is 14.1 Å². The van der Waals surface area contributed by atoms with Crippen LogP contribution in [-0.2, 0) is 19.1 Å². The number of likely N-dealkylation sites (tertiary alicyclic amines) is 2. The zero-order valence-corrected chi connectivity index (χ0v) is 33.2. The van der Waals surface area contributed by atoms with Gasteiger partial charge in [0.05, 0.1) is 30.4 Å². The number of H-pyrrole nitrogens is 1. The molecule has 14 heteroatoms. The number of amides is 4. The number of carbonyl (C=O) groups is 4. The van der Waals surface area contributed by atoms with Crippen molar-refractivity contribution in [2.24, 2.45) is 5.92 Å². The first-order valence-electron chi connectivity index (χ1n) is 19.5. The van der Waals surface area contributed by atoms with E-state index in [1.54, 1.807) is 11.1 Å². The number of imidazole rings is 1. The maximum absolute atomic E-state index is 14.0. The van der Waals surface area contributed by atoms with Crippen LogP contribution < -0.4 is 10.6 Å². The quantitative estimate of drug-likeness (QED) is 0.136. The van der Waals surface area contributed by atoms with Gasteiger partial charge in [-0.2, -0.15) is 0 Å². The molecule has 4 heterocycles. The van der Waals surface area contributed by atoms with Crippen molar-refractivity contribution in [2.45, 2.75) is 70.6 Å². The van der Waals surface area contributed by atoms with Crippen molar-refractivity contribution in [3.8, 4) is 22.8 Å². The van der Waals surface area contributed by atoms with Crippen LogP contribution in [0.25, 0.3) is 33.8 Å². The van der Waals surface area contributed by atoms with Crippen LogP contribution in [0, 0.1) is 12.8 Å². The molecule has 14 nitrogen and oxygen atoms in total. The Labute approximate surface area is 332 Å². The van der Waals surface area contributed by atoms with Crippen LogP contribution in [0.15, 0.2) is 77.3 Å². The van der Waals surface area contributed by atoms with E-state index in [-0.39, 0.29) is 29.7 Å². The lowest BCUT2D eigenvalue weighted by molar-refractivity contribution is -0.139. The van der Waals surface area contributed by atoms with Crippen molar-refractivity contribution in [2.75, 3.05) is 39.6 Å². The van der Waals surface area contributed by atoms with Crippen LogP contribution in [0.1, 0.15) is 68.6 Å². The Kier molecular flexibility index (Phi) is 11.4. The number of aromatic nitrogens is 3. The summed E-state index contributed by atoms with van der Waals surface area (Å²) in [6, 6.07) is 19.2. The number of aryl methyl sites for hydroxylation is 1. The largest absolute Gasteiger partial charge is 0.453 e. The topological polar surface area (TPSA) is 166 Å². The Bertz CT molecular complexity index is 2270. The molecule has 0 radical (unpaired) electrons. The van der Waals surface area contributed by atoms with Crippen molar-refractivity contribution in [1.29, 1.82) is 0 Å². The number of alkyl carbamates (subject to hydrolysis) is 1. The number of hydrogen-bond acceptors (Lipinski definition) is 9. The second kappa shape index (κ2) is 16.6. The van der Waals surface area contributed by atoms with Gasteiger partial charge in [0.1, 0.15) is 23.9 Å². The monoisotopic (exact) mass is 774 g/mol. The number of likely N-dealkylation sites (N-methyl/N-ethyl adjacent to an activating group) is 1. The Morgan fingerprint density at radius 2 is 1.67 bits per heavy atom. The maximum Gasteiger partial charge on any atom is 0.407 e. The number of ether oxygens (including phenoxy) is 1. The number of nitrogens with zero attached hydrogens (tertiary/aromatic N) is 5. The second-order valence-electron chi connectivity index (χ2n) is 15.4. The molecule has 7 rings (SSSR count). The second-order valence-corrected chi connectivity index (χ2v) is 15.4. The zero-order chi connectivity index (χ0) is 40.4. The smallest absolute Gasteiger partial charge is 0.407 e. The van der Waals surface area contributed by atoms with Gasteiger partial charge in [0.15, 0.2) is 5.76 Å². The number of anilines is 1. The highest BCUT2D eigenvalue weighted by Gasteiger charge is 2.40. The number of methoxy groups -OCH3 is 1. The number of rotatable bonds is 11. The van der Waals surface area contributed by atoms with Crippen LogP contribution in [0.4, 0.5) is 10.5 Å².